The van der Waals surface area contributed by atoms with Crippen molar-refractivity contribution in [3.8, 4) is 5.75 Å². The lowest BCUT2D eigenvalue weighted by Crippen LogP contribution is -2.06. The Balaban J connectivity index is 2.68. The van der Waals surface area contributed by atoms with Crippen molar-refractivity contribution in [2.24, 2.45) is 0 Å². The Morgan fingerprint density at radius 3 is 2.80 bits per heavy atom. The summed E-state index contributed by atoms with van der Waals surface area (Å²) in [7, 11) is 1.68. The van der Waals surface area contributed by atoms with E-state index in [2.05, 4.69) is 18.9 Å². The molecule has 1 heterocycles. The van der Waals surface area contributed by atoms with Gasteiger partial charge in [0, 0.05) is 11.9 Å². The zero-order valence-corrected chi connectivity index (χ0v) is 10.4. The summed E-state index contributed by atoms with van der Waals surface area (Å²) in [6.45, 7) is 5.05. The van der Waals surface area contributed by atoms with E-state index in [-0.39, 0.29) is 5.38 Å². The van der Waals surface area contributed by atoms with Crippen LogP contribution in [-0.4, -0.2) is 22.3 Å². The van der Waals surface area contributed by atoms with Gasteiger partial charge in [0.25, 0.3) is 0 Å². The molecule has 3 nitrogen and oxygen atoms in total. The van der Waals surface area contributed by atoms with Gasteiger partial charge in [0.2, 0.25) is 0 Å². The second-order valence-electron chi connectivity index (χ2n) is 3.52. The van der Waals surface area contributed by atoms with Crippen molar-refractivity contribution in [2.45, 2.75) is 45.0 Å². The number of aromatic nitrogens is 2. The molecule has 1 atom stereocenters. The highest BCUT2D eigenvalue weighted by molar-refractivity contribution is 6.20. The summed E-state index contributed by atoms with van der Waals surface area (Å²) in [5, 5.41) is 4.50. The maximum Gasteiger partial charge on any atom is 0.159 e. The van der Waals surface area contributed by atoms with Gasteiger partial charge in [-0.15, -0.1) is 11.6 Å². The summed E-state index contributed by atoms with van der Waals surface area (Å²) >= 11 is 6.10. The molecular weight excluding hydrogens is 212 g/mol. The lowest BCUT2D eigenvalue weighted by Gasteiger charge is -2.09. The number of rotatable bonds is 6. The Morgan fingerprint density at radius 2 is 2.27 bits per heavy atom. The van der Waals surface area contributed by atoms with Crippen LogP contribution in [0.5, 0.6) is 5.75 Å². The average Bonchev–Trinajstić information content (AvgIpc) is 2.67. The van der Waals surface area contributed by atoms with Gasteiger partial charge in [-0.3, -0.25) is 4.68 Å². The first-order valence-electron chi connectivity index (χ1n) is 5.45. The Morgan fingerprint density at radius 1 is 1.53 bits per heavy atom. The molecule has 0 amide bonds. The molecule has 0 fully saturated rings. The zero-order chi connectivity index (χ0) is 11.3. The van der Waals surface area contributed by atoms with Crippen LogP contribution in [0.15, 0.2) is 6.20 Å². The second-order valence-corrected chi connectivity index (χ2v) is 4.14. The number of alkyl halides is 1. The molecule has 0 aliphatic carbocycles. The molecule has 1 unspecified atom stereocenters. The van der Waals surface area contributed by atoms with Crippen LogP contribution in [-0.2, 0) is 13.0 Å². The van der Waals surface area contributed by atoms with Crippen LogP contribution >= 0.6 is 11.6 Å². The molecule has 0 bridgehead atoms. The number of hydrogen-bond donors (Lipinski definition) is 0. The van der Waals surface area contributed by atoms with Crippen LogP contribution in [0.25, 0.3) is 0 Å². The fourth-order valence-electron chi connectivity index (χ4n) is 1.59. The molecular formula is C11H19ClN2O. The van der Waals surface area contributed by atoms with E-state index in [1.807, 2.05) is 4.68 Å². The first-order valence-corrected chi connectivity index (χ1v) is 5.89. The molecule has 86 valence electrons. The van der Waals surface area contributed by atoms with Gasteiger partial charge in [0.05, 0.1) is 19.0 Å². The van der Waals surface area contributed by atoms with Crippen molar-refractivity contribution >= 4 is 11.6 Å². The highest BCUT2D eigenvalue weighted by Crippen LogP contribution is 2.21. The number of aryl methyl sites for hydroxylation is 1. The number of nitrogens with zero attached hydrogens (tertiary/aromatic N) is 2. The summed E-state index contributed by atoms with van der Waals surface area (Å²) in [6, 6.07) is 0. The van der Waals surface area contributed by atoms with Gasteiger partial charge < -0.3 is 4.74 Å². The molecule has 0 spiro atoms. The SMILES string of the molecule is CCC(Cl)CCc1c(OC)cnn1CC. The van der Waals surface area contributed by atoms with E-state index in [1.54, 1.807) is 13.3 Å². The molecule has 1 aromatic rings. The molecule has 0 N–H and O–H groups in total. The fourth-order valence-corrected chi connectivity index (χ4v) is 1.70. The number of halogens is 1. The third kappa shape index (κ3) is 3.13. The normalized spacial score (nSPS) is 12.8. The summed E-state index contributed by atoms with van der Waals surface area (Å²) < 4.78 is 7.24. The van der Waals surface area contributed by atoms with E-state index >= 15 is 0 Å². The van der Waals surface area contributed by atoms with Crippen molar-refractivity contribution in [1.82, 2.24) is 9.78 Å². The number of methoxy groups -OCH3 is 1. The van der Waals surface area contributed by atoms with Crippen molar-refractivity contribution in [3.05, 3.63) is 11.9 Å². The molecule has 15 heavy (non-hydrogen) atoms. The number of hydrogen-bond acceptors (Lipinski definition) is 2. The van der Waals surface area contributed by atoms with E-state index in [1.165, 1.54) is 0 Å². The Hall–Kier alpha value is -0.700. The first kappa shape index (κ1) is 12.4. The van der Waals surface area contributed by atoms with E-state index in [0.717, 1.165) is 37.3 Å². The Labute approximate surface area is 96.4 Å². The lowest BCUT2D eigenvalue weighted by molar-refractivity contribution is 0.406. The van der Waals surface area contributed by atoms with Gasteiger partial charge >= 0.3 is 0 Å². The third-order valence-electron chi connectivity index (χ3n) is 2.57. The van der Waals surface area contributed by atoms with Gasteiger partial charge in [0.1, 0.15) is 0 Å². The van der Waals surface area contributed by atoms with Gasteiger partial charge in [0.15, 0.2) is 5.75 Å². The average molecular weight is 231 g/mol. The van der Waals surface area contributed by atoms with Crippen molar-refractivity contribution in [2.75, 3.05) is 7.11 Å². The highest BCUT2D eigenvalue weighted by Gasteiger charge is 2.11. The van der Waals surface area contributed by atoms with Gasteiger partial charge in [-0.05, 0) is 26.2 Å². The Bertz CT molecular complexity index is 277. The molecule has 4 heteroatoms. The zero-order valence-electron chi connectivity index (χ0n) is 9.66. The molecule has 0 saturated heterocycles. The molecule has 0 radical (unpaired) electrons. The quantitative estimate of drug-likeness (QED) is 0.703. The molecule has 0 aliphatic heterocycles. The summed E-state index contributed by atoms with van der Waals surface area (Å²) in [5.74, 6) is 0.872. The second kappa shape index (κ2) is 6.01. The smallest absolute Gasteiger partial charge is 0.159 e. The van der Waals surface area contributed by atoms with Gasteiger partial charge in [-0.1, -0.05) is 6.92 Å². The van der Waals surface area contributed by atoms with E-state index in [4.69, 9.17) is 16.3 Å². The molecule has 0 aromatic carbocycles. The van der Waals surface area contributed by atoms with Gasteiger partial charge in [-0.25, -0.2) is 0 Å². The predicted molar refractivity (Wildman–Crippen MR) is 62.7 cm³/mol. The topological polar surface area (TPSA) is 27.1 Å². The van der Waals surface area contributed by atoms with Crippen LogP contribution in [0, 0.1) is 0 Å². The maximum absolute atomic E-state index is 6.10. The van der Waals surface area contributed by atoms with E-state index in [0.29, 0.717) is 0 Å². The minimum atomic E-state index is 0.245. The summed E-state index contributed by atoms with van der Waals surface area (Å²) in [4.78, 5) is 0. The monoisotopic (exact) mass is 230 g/mol. The standard InChI is InChI=1S/C11H19ClN2O/c1-4-9(12)6-7-10-11(15-3)8-13-14(10)5-2/h8-9H,4-7H2,1-3H3. The van der Waals surface area contributed by atoms with Crippen LogP contribution in [0.3, 0.4) is 0 Å². The molecule has 0 saturated carbocycles. The predicted octanol–water partition coefficient (Wildman–Crippen LogP) is 2.86. The van der Waals surface area contributed by atoms with Crippen molar-refractivity contribution in [1.29, 1.82) is 0 Å². The van der Waals surface area contributed by atoms with Crippen LogP contribution in [0.1, 0.15) is 32.4 Å². The van der Waals surface area contributed by atoms with Crippen LogP contribution in [0.2, 0.25) is 0 Å². The number of ether oxygens (including phenoxy) is 1. The van der Waals surface area contributed by atoms with E-state index in [9.17, 15) is 0 Å². The first-order chi connectivity index (χ1) is 7.22. The van der Waals surface area contributed by atoms with Crippen molar-refractivity contribution < 1.29 is 4.74 Å². The van der Waals surface area contributed by atoms with E-state index < -0.39 is 0 Å². The third-order valence-corrected chi connectivity index (χ3v) is 3.09. The maximum atomic E-state index is 6.10. The van der Waals surface area contributed by atoms with Crippen LogP contribution in [0.4, 0.5) is 0 Å². The largest absolute Gasteiger partial charge is 0.493 e. The molecule has 0 aliphatic rings. The molecule has 1 aromatic heterocycles. The van der Waals surface area contributed by atoms with Crippen LogP contribution < -0.4 is 4.74 Å². The molecule has 1 rings (SSSR count). The highest BCUT2D eigenvalue weighted by atomic mass is 35.5. The van der Waals surface area contributed by atoms with Gasteiger partial charge in [-0.2, -0.15) is 5.10 Å². The summed E-state index contributed by atoms with van der Waals surface area (Å²) in [6.07, 6.45) is 4.68. The minimum Gasteiger partial charge on any atom is -0.493 e. The summed E-state index contributed by atoms with van der Waals surface area (Å²) in [5.41, 5.74) is 1.15. The fraction of sp³-hybridized carbons (Fsp3) is 0.727. The van der Waals surface area contributed by atoms with Crippen molar-refractivity contribution in [3.63, 3.8) is 0 Å². The lowest BCUT2D eigenvalue weighted by atomic mass is 10.1. The Kier molecular flexibility index (Phi) is 4.95. The minimum absolute atomic E-state index is 0.245.